The highest BCUT2D eigenvalue weighted by Gasteiger charge is 2.41. The first-order chi connectivity index (χ1) is 4.79. The minimum atomic E-state index is 0.396. The Morgan fingerprint density at radius 2 is 2.20 bits per heavy atom. The molecule has 1 nitrogen and oxygen atoms in total. The van der Waals surface area contributed by atoms with E-state index in [0.29, 0.717) is 17.6 Å². The molecule has 2 rings (SSSR count). The summed E-state index contributed by atoms with van der Waals surface area (Å²) in [6, 6.07) is 0. The Morgan fingerprint density at radius 3 is 2.80 bits per heavy atom. The van der Waals surface area contributed by atoms with Crippen molar-refractivity contribution in [1.82, 2.24) is 0 Å². The number of ketones is 1. The maximum atomic E-state index is 11.4. The van der Waals surface area contributed by atoms with Crippen LogP contribution in [0.25, 0.3) is 0 Å². The number of carbonyl (C=O) groups excluding carboxylic acids is 1. The predicted octanol–water partition coefficient (Wildman–Crippen LogP) is 2.01. The van der Waals surface area contributed by atoms with E-state index < -0.39 is 0 Å². The maximum Gasteiger partial charge on any atom is 0.139 e. The van der Waals surface area contributed by atoms with Crippen LogP contribution < -0.4 is 0 Å². The molecule has 0 saturated heterocycles. The molecule has 10 heavy (non-hydrogen) atoms. The zero-order valence-electron chi connectivity index (χ0n) is 6.47. The van der Waals surface area contributed by atoms with Crippen LogP contribution in [-0.4, -0.2) is 5.78 Å². The highest BCUT2D eigenvalue weighted by atomic mass is 16.1. The van der Waals surface area contributed by atoms with Crippen LogP contribution >= 0.6 is 0 Å². The van der Waals surface area contributed by atoms with E-state index >= 15 is 0 Å². The summed E-state index contributed by atoms with van der Waals surface area (Å²) in [7, 11) is 0. The summed E-state index contributed by atoms with van der Waals surface area (Å²) in [4.78, 5) is 11.4. The molecule has 2 bridgehead atoms. The molecule has 2 saturated carbocycles. The largest absolute Gasteiger partial charge is 0.299 e. The van der Waals surface area contributed by atoms with Crippen LogP contribution in [0, 0.1) is 17.8 Å². The zero-order valence-corrected chi connectivity index (χ0v) is 6.47. The third-order valence-electron chi connectivity index (χ3n) is 3.27. The number of carbonyl (C=O) groups is 1. The first-order valence-electron chi connectivity index (χ1n) is 4.33. The van der Waals surface area contributed by atoms with E-state index in [2.05, 4.69) is 6.92 Å². The van der Waals surface area contributed by atoms with Gasteiger partial charge in [-0.05, 0) is 25.2 Å². The van der Waals surface area contributed by atoms with Gasteiger partial charge >= 0.3 is 0 Å². The molecule has 0 aromatic heterocycles. The molecule has 0 aromatic rings. The van der Waals surface area contributed by atoms with Crippen molar-refractivity contribution in [1.29, 1.82) is 0 Å². The van der Waals surface area contributed by atoms with Crippen molar-refractivity contribution >= 4 is 5.78 Å². The lowest BCUT2D eigenvalue weighted by Crippen LogP contribution is -2.10. The van der Waals surface area contributed by atoms with Gasteiger partial charge in [-0.1, -0.05) is 13.3 Å². The molecule has 1 heteroatoms. The van der Waals surface area contributed by atoms with Gasteiger partial charge in [-0.3, -0.25) is 4.79 Å². The van der Waals surface area contributed by atoms with Crippen molar-refractivity contribution in [3.05, 3.63) is 0 Å². The summed E-state index contributed by atoms with van der Waals surface area (Å²) in [6.07, 6.45) is 4.99. The molecule has 3 unspecified atom stereocenters. The van der Waals surface area contributed by atoms with Crippen LogP contribution in [0.3, 0.4) is 0 Å². The summed E-state index contributed by atoms with van der Waals surface area (Å²) < 4.78 is 0. The summed E-state index contributed by atoms with van der Waals surface area (Å²) in [6.45, 7) is 2.11. The summed E-state index contributed by atoms with van der Waals surface area (Å²) >= 11 is 0. The Bertz CT molecular complexity index is 158. The van der Waals surface area contributed by atoms with Crippen molar-refractivity contribution in [3.8, 4) is 0 Å². The molecule has 0 aromatic carbocycles. The molecule has 2 fully saturated rings. The van der Waals surface area contributed by atoms with E-state index in [1.807, 2.05) is 0 Å². The molecule has 0 radical (unpaired) electrons. The van der Waals surface area contributed by atoms with Crippen LogP contribution in [0.4, 0.5) is 0 Å². The molecule has 56 valence electrons. The Hall–Kier alpha value is -0.330. The van der Waals surface area contributed by atoms with Crippen LogP contribution in [0.5, 0.6) is 0 Å². The van der Waals surface area contributed by atoms with Gasteiger partial charge in [0.1, 0.15) is 5.78 Å². The van der Waals surface area contributed by atoms with E-state index in [1.54, 1.807) is 0 Å². The molecule has 2 aliphatic rings. The number of Topliss-reactive ketones (excluding diaryl/α,β-unsaturated/α-hetero) is 1. The smallest absolute Gasteiger partial charge is 0.139 e. The van der Waals surface area contributed by atoms with Crippen molar-refractivity contribution in [2.45, 2.75) is 32.6 Å². The lowest BCUT2D eigenvalue weighted by Gasteiger charge is -2.17. The third-order valence-corrected chi connectivity index (χ3v) is 3.27. The Kier molecular flexibility index (Phi) is 1.33. The van der Waals surface area contributed by atoms with Gasteiger partial charge in [0.05, 0.1) is 0 Å². The second-order valence-corrected chi connectivity index (χ2v) is 3.81. The second kappa shape index (κ2) is 2.08. The fourth-order valence-electron chi connectivity index (χ4n) is 2.54. The van der Waals surface area contributed by atoms with E-state index in [9.17, 15) is 4.79 Å². The molecular weight excluding hydrogens is 124 g/mol. The van der Waals surface area contributed by atoms with Gasteiger partial charge in [-0.2, -0.15) is 0 Å². The van der Waals surface area contributed by atoms with E-state index in [-0.39, 0.29) is 0 Å². The second-order valence-electron chi connectivity index (χ2n) is 3.81. The molecular formula is C9H14O. The minimum absolute atomic E-state index is 0.396. The van der Waals surface area contributed by atoms with Crippen molar-refractivity contribution in [2.75, 3.05) is 0 Å². The van der Waals surface area contributed by atoms with E-state index in [4.69, 9.17) is 0 Å². The van der Waals surface area contributed by atoms with Crippen molar-refractivity contribution < 1.29 is 4.79 Å². The number of hydrogen-bond acceptors (Lipinski definition) is 1. The first kappa shape index (κ1) is 6.38. The van der Waals surface area contributed by atoms with E-state index in [0.717, 1.165) is 5.92 Å². The summed E-state index contributed by atoms with van der Waals surface area (Å²) in [5, 5.41) is 0. The van der Waals surface area contributed by atoms with Gasteiger partial charge in [0.2, 0.25) is 0 Å². The quantitative estimate of drug-likeness (QED) is 0.500. The molecule has 0 aliphatic heterocycles. The van der Waals surface area contributed by atoms with Gasteiger partial charge in [-0.15, -0.1) is 0 Å². The number of fused-ring (bicyclic) bond motifs is 2. The number of hydrogen-bond donors (Lipinski definition) is 0. The first-order valence-corrected chi connectivity index (χ1v) is 4.33. The highest BCUT2D eigenvalue weighted by molar-refractivity contribution is 5.85. The third kappa shape index (κ3) is 0.727. The fourth-order valence-corrected chi connectivity index (χ4v) is 2.54. The average Bonchev–Trinajstić information content (AvgIpc) is 2.17. The average molecular weight is 138 g/mol. The fraction of sp³-hybridized carbons (Fsp3) is 0.889. The SMILES string of the molecule is CC1C(=O)C2CCCC1C2. The van der Waals surface area contributed by atoms with Crippen LogP contribution in [0.15, 0.2) is 0 Å². The monoisotopic (exact) mass is 138 g/mol. The van der Waals surface area contributed by atoms with Gasteiger partial charge < -0.3 is 0 Å². The summed E-state index contributed by atoms with van der Waals surface area (Å²) in [5.74, 6) is 2.18. The van der Waals surface area contributed by atoms with E-state index in [1.165, 1.54) is 25.7 Å². The lowest BCUT2D eigenvalue weighted by molar-refractivity contribution is -0.123. The molecule has 0 amide bonds. The Morgan fingerprint density at radius 1 is 1.40 bits per heavy atom. The maximum absolute atomic E-state index is 11.4. The van der Waals surface area contributed by atoms with Gasteiger partial charge in [0.25, 0.3) is 0 Å². The molecule has 0 N–H and O–H groups in total. The van der Waals surface area contributed by atoms with Crippen molar-refractivity contribution in [2.24, 2.45) is 17.8 Å². The minimum Gasteiger partial charge on any atom is -0.299 e. The number of rotatable bonds is 0. The molecule has 3 atom stereocenters. The molecule has 2 aliphatic carbocycles. The predicted molar refractivity (Wildman–Crippen MR) is 39.6 cm³/mol. The Labute approximate surface area is 61.8 Å². The standard InChI is InChI=1S/C9H14O/c1-6-7-3-2-4-8(5-7)9(6)10/h6-8H,2-5H2,1H3. The Balaban J connectivity index is 2.21. The van der Waals surface area contributed by atoms with Gasteiger partial charge in [0, 0.05) is 11.8 Å². The van der Waals surface area contributed by atoms with Crippen LogP contribution in [-0.2, 0) is 4.79 Å². The van der Waals surface area contributed by atoms with Gasteiger partial charge in [0.15, 0.2) is 0 Å². The van der Waals surface area contributed by atoms with Crippen molar-refractivity contribution in [3.63, 3.8) is 0 Å². The topological polar surface area (TPSA) is 17.1 Å². The van der Waals surface area contributed by atoms with Crippen LogP contribution in [0.1, 0.15) is 32.6 Å². The van der Waals surface area contributed by atoms with Crippen LogP contribution in [0.2, 0.25) is 0 Å². The lowest BCUT2D eigenvalue weighted by atomic mass is 9.88. The normalized spacial score (nSPS) is 46.1. The zero-order chi connectivity index (χ0) is 7.14. The highest BCUT2D eigenvalue weighted by Crippen LogP contribution is 2.42. The van der Waals surface area contributed by atoms with Gasteiger partial charge in [-0.25, -0.2) is 0 Å². The molecule has 0 spiro atoms. The summed E-state index contributed by atoms with van der Waals surface area (Å²) in [5.41, 5.74) is 0. The molecule has 0 heterocycles.